The number of carbonyl (C=O) groups is 1. The Labute approximate surface area is 141 Å². The number of amides is 1. The van der Waals surface area contributed by atoms with Crippen LogP contribution in [0.1, 0.15) is 31.4 Å². The zero-order valence-corrected chi connectivity index (χ0v) is 13.9. The molecule has 23 heavy (non-hydrogen) atoms. The van der Waals surface area contributed by atoms with Crippen LogP contribution in [-0.4, -0.2) is 28.8 Å². The van der Waals surface area contributed by atoms with Crippen molar-refractivity contribution in [3.63, 3.8) is 0 Å². The molecule has 1 amide bonds. The maximum atomic E-state index is 13.1. The Bertz CT molecular complexity index is 665. The van der Waals surface area contributed by atoms with Crippen LogP contribution in [0.4, 0.5) is 0 Å². The van der Waals surface area contributed by atoms with E-state index in [9.17, 15) is 4.79 Å². The second kappa shape index (κ2) is 6.72. The van der Waals surface area contributed by atoms with Crippen LogP contribution in [0, 0.1) is 0 Å². The predicted octanol–water partition coefficient (Wildman–Crippen LogP) is 2.49. The average molecular weight is 333 g/mol. The third-order valence-electron chi connectivity index (χ3n) is 4.49. The molecule has 6 heteroatoms. The zero-order valence-electron chi connectivity index (χ0n) is 13.1. The van der Waals surface area contributed by atoms with Gasteiger partial charge in [-0.05, 0) is 56.6 Å². The quantitative estimate of drug-likeness (QED) is 0.904. The first kappa shape index (κ1) is 16.0. The summed E-state index contributed by atoms with van der Waals surface area (Å²) < 4.78 is 1.80. The van der Waals surface area contributed by atoms with Crippen molar-refractivity contribution < 1.29 is 4.79 Å². The SMILES string of the molecule is CC(NC(=O)C1(n2cccn2)CCNCC1)c1cccc(Cl)c1. The minimum Gasteiger partial charge on any atom is -0.347 e. The molecule has 2 aromatic rings. The molecule has 0 bridgehead atoms. The Morgan fingerprint density at radius 3 is 2.83 bits per heavy atom. The minimum absolute atomic E-state index is 0.00942. The molecule has 1 fully saturated rings. The second-order valence-electron chi connectivity index (χ2n) is 5.98. The van der Waals surface area contributed by atoms with Gasteiger partial charge < -0.3 is 10.6 Å². The highest BCUT2D eigenvalue weighted by atomic mass is 35.5. The molecule has 0 radical (unpaired) electrons. The van der Waals surface area contributed by atoms with Crippen LogP contribution in [-0.2, 0) is 10.3 Å². The van der Waals surface area contributed by atoms with Crippen molar-refractivity contribution in [2.45, 2.75) is 31.3 Å². The molecule has 1 saturated heterocycles. The fourth-order valence-electron chi connectivity index (χ4n) is 3.11. The van der Waals surface area contributed by atoms with Gasteiger partial charge >= 0.3 is 0 Å². The molecule has 0 spiro atoms. The third kappa shape index (κ3) is 3.26. The monoisotopic (exact) mass is 332 g/mol. The largest absolute Gasteiger partial charge is 0.347 e. The number of benzene rings is 1. The molecule has 1 aromatic carbocycles. The van der Waals surface area contributed by atoms with Gasteiger partial charge in [0.25, 0.3) is 0 Å². The Kier molecular flexibility index (Phi) is 4.68. The molecule has 0 saturated carbocycles. The van der Waals surface area contributed by atoms with Crippen LogP contribution >= 0.6 is 11.6 Å². The molecule has 2 heterocycles. The topological polar surface area (TPSA) is 59.0 Å². The van der Waals surface area contributed by atoms with Crippen LogP contribution in [0.15, 0.2) is 42.7 Å². The Hall–Kier alpha value is -1.85. The Balaban J connectivity index is 1.82. The van der Waals surface area contributed by atoms with E-state index in [1.165, 1.54) is 0 Å². The van der Waals surface area contributed by atoms with Gasteiger partial charge in [-0.15, -0.1) is 0 Å². The van der Waals surface area contributed by atoms with E-state index in [-0.39, 0.29) is 11.9 Å². The predicted molar refractivity (Wildman–Crippen MR) is 90.3 cm³/mol. The highest BCUT2D eigenvalue weighted by molar-refractivity contribution is 6.30. The number of halogens is 1. The molecule has 1 unspecified atom stereocenters. The van der Waals surface area contributed by atoms with E-state index in [2.05, 4.69) is 15.7 Å². The molecule has 0 aliphatic carbocycles. The number of piperidine rings is 1. The van der Waals surface area contributed by atoms with Crippen LogP contribution in [0.3, 0.4) is 0 Å². The zero-order chi connectivity index (χ0) is 16.3. The highest BCUT2D eigenvalue weighted by Gasteiger charge is 2.42. The molecule has 122 valence electrons. The summed E-state index contributed by atoms with van der Waals surface area (Å²) in [5.41, 5.74) is 0.372. The average Bonchev–Trinajstić information content (AvgIpc) is 3.10. The maximum absolute atomic E-state index is 13.1. The van der Waals surface area contributed by atoms with Crippen LogP contribution in [0.25, 0.3) is 0 Å². The van der Waals surface area contributed by atoms with Crippen LogP contribution < -0.4 is 10.6 Å². The van der Waals surface area contributed by atoms with Gasteiger partial charge in [-0.25, -0.2) is 0 Å². The fourth-order valence-corrected chi connectivity index (χ4v) is 3.31. The van der Waals surface area contributed by atoms with Crippen molar-refractivity contribution in [2.24, 2.45) is 0 Å². The number of aromatic nitrogens is 2. The summed E-state index contributed by atoms with van der Waals surface area (Å²) in [6.07, 6.45) is 5.04. The van der Waals surface area contributed by atoms with Gasteiger partial charge in [0.15, 0.2) is 0 Å². The van der Waals surface area contributed by atoms with Gasteiger partial charge in [0.1, 0.15) is 5.54 Å². The van der Waals surface area contributed by atoms with Crippen molar-refractivity contribution >= 4 is 17.5 Å². The van der Waals surface area contributed by atoms with Crippen molar-refractivity contribution in [3.05, 3.63) is 53.3 Å². The number of nitrogens with one attached hydrogen (secondary N) is 2. The van der Waals surface area contributed by atoms with E-state index < -0.39 is 5.54 Å². The summed E-state index contributed by atoms with van der Waals surface area (Å²) in [6.45, 7) is 3.58. The fraction of sp³-hybridized carbons (Fsp3) is 0.412. The summed E-state index contributed by atoms with van der Waals surface area (Å²) in [6, 6.07) is 9.34. The lowest BCUT2D eigenvalue weighted by atomic mass is 9.87. The van der Waals surface area contributed by atoms with E-state index in [1.54, 1.807) is 10.9 Å². The number of hydrogen-bond donors (Lipinski definition) is 2. The Morgan fingerprint density at radius 1 is 1.39 bits per heavy atom. The van der Waals surface area contributed by atoms with Gasteiger partial charge in [-0.2, -0.15) is 5.10 Å². The molecule has 1 aliphatic rings. The molecule has 2 N–H and O–H groups in total. The van der Waals surface area contributed by atoms with Crippen molar-refractivity contribution in [3.8, 4) is 0 Å². The summed E-state index contributed by atoms with van der Waals surface area (Å²) in [5, 5.41) is 11.5. The molecular weight excluding hydrogens is 312 g/mol. The number of hydrogen-bond acceptors (Lipinski definition) is 3. The first-order chi connectivity index (χ1) is 11.1. The van der Waals surface area contributed by atoms with E-state index >= 15 is 0 Å². The van der Waals surface area contributed by atoms with E-state index in [1.807, 2.05) is 43.5 Å². The summed E-state index contributed by atoms with van der Waals surface area (Å²) >= 11 is 6.05. The molecule has 5 nitrogen and oxygen atoms in total. The van der Waals surface area contributed by atoms with Gasteiger partial charge in [0, 0.05) is 17.4 Å². The lowest BCUT2D eigenvalue weighted by Crippen LogP contribution is -2.55. The lowest BCUT2D eigenvalue weighted by Gasteiger charge is -2.37. The van der Waals surface area contributed by atoms with E-state index in [4.69, 9.17) is 11.6 Å². The summed E-state index contributed by atoms with van der Waals surface area (Å²) in [4.78, 5) is 13.1. The van der Waals surface area contributed by atoms with Gasteiger partial charge in [-0.3, -0.25) is 9.48 Å². The van der Waals surface area contributed by atoms with Crippen LogP contribution in [0.5, 0.6) is 0 Å². The maximum Gasteiger partial charge on any atom is 0.248 e. The molecule has 3 rings (SSSR count). The van der Waals surface area contributed by atoms with Gasteiger partial charge in [-0.1, -0.05) is 23.7 Å². The minimum atomic E-state index is -0.623. The molecular formula is C17H21ClN4O. The van der Waals surface area contributed by atoms with Gasteiger partial charge in [0.2, 0.25) is 5.91 Å². The Morgan fingerprint density at radius 2 is 2.17 bits per heavy atom. The lowest BCUT2D eigenvalue weighted by molar-refractivity contribution is -0.132. The molecule has 1 aliphatic heterocycles. The smallest absolute Gasteiger partial charge is 0.248 e. The third-order valence-corrected chi connectivity index (χ3v) is 4.73. The van der Waals surface area contributed by atoms with E-state index in [0.29, 0.717) is 5.02 Å². The summed E-state index contributed by atoms with van der Waals surface area (Å²) in [5.74, 6) is 0.00942. The van der Waals surface area contributed by atoms with Crippen molar-refractivity contribution in [2.75, 3.05) is 13.1 Å². The number of rotatable bonds is 4. The number of carbonyl (C=O) groups excluding carboxylic acids is 1. The van der Waals surface area contributed by atoms with Gasteiger partial charge in [0.05, 0.1) is 6.04 Å². The van der Waals surface area contributed by atoms with Crippen molar-refractivity contribution in [1.82, 2.24) is 20.4 Å². The molecule has 1 aromatic heterocycles. The van der Waals surface area contributed by atoms with Crippen LogP contribution in [0.2, 0.25) is 5.02 Å². The second-order valence-corrected chi connectivity index (χ2v) is 6.42. The molecule has 1 atom stereocenters. The highest BCUT2D eigenvalue weighted by Crippen LogP contribution is 2.28. The van der Waals surface area contributed by atoms with E-state index in [0.717, 1.165) is 31.5 Å². The summed E-state index contributed by atoms with van der Waals surface area (Å²) in [7, 11) is 0. The first-order valence-electron chi connectivity index (χ1n) is 7.89. The first-order valence-corrected chi connectivity index (χ1v) is 8.27. The van der Waals surface area contributed by atoms with Crippen molar-refractivity contribution in [1.29, 1.82) is 0 Å². The standard InChI is InChI=1S/C17H21ClN4O/c1-13(14-4-2-5-15(18)12-14)21-16(23)17(6-9-19-10-7-17)22-11-3-8-20-22/h2-5,8,11-13,19H,6-7,9-10H2,1H3,(H,21,23). The number of nitrogens with zero attached hydrogens (tertiary/aromatic N) is 2. The normalized spacial score (nSPS) is 18.3.